The van der Waals surface area contributed by atoms with E-state index in [4.69, 9.17) is 10.5 Å². The fourth-order valence-corrected chi connectivity index (χ4v) is 4.19. The number of amides is 1. The summed E-state index contributed by atoms with van der Waals surface area (Å²) in [6.45, 7) is 1.93. The Bertz CT molecular complexity index is 661. The summed E-state index contributed by atoms with van der Waals surface area (Å²) in [5.41, 5.74) is 5.68. The molecule has 7 nitrogen and oxygen atoms in total. The summed E-state index contributed by atoms with van der Waals surface area (Å²) in [4.78, 5) is 12.2. The molecule has 1 heterocycles. The maximum atomic E-state index is 12.7. The van der Waals surface area contributed by atoms with Gasteiger partial charge in [0.15, 0.2) is 0 Å². The quantitative estimate of drug-likeness (QED) is 0.689. The molecule has 9 heteroatoms. The number of hydrogen-bond acceptors (Lipinski definition) is 5. The lowest BCUT2D eigenvalue weighted by Crippen LogP contribution is -2.29. The number of rotatable bonds is 7. The van der Waals surface area contributed by atoms with Crippen LogP contribution in [0.4, 0.5) is 0 Å². The number of methoxy groups -OCH3 is 1. The van der Waals surface area contributed by atoms with E-state index in [1.54, 1.807) is 6.07 Å². The topological polar surface area (TPSA) is 102 Å². The lowest BCUT2D eigenvalue weighted by Gasteiger charge is -2.18. The number of nitrogens with two attached hydrogens (primary N) is 1. The number of nitrogens with zero attached hydrogens (tertiary/aromatic N) is 1. The zero-order chi connectivity index (χ0) is 16.9. The minimum atomic E-state index is -3.65. The van der Waals surface area contributed by atoms with E-state index in [9.17, 15) is 13.2 Å². The Morgan fingerprint density at radius 1 is 1.33 bits per heavy atom. The molecule has 1 aliphatic rings. The third-order valence-electron chi connectivity index (χ3n) is 3.78. The molecule has 0 radical (unpaired) electrons. The number of hydrogen-bond donors (Lipinski definition) is 2. The zero-order valence-electron chi connectivity index (χ0n) is 13.7. The number of carbonyl (C=O) groups excluding carboxylic acids is 1. The summed E-state index contributed by atoms with van der Waals surface area (Å²) >= 11 is 0. The molecule has 1 aromatic carbocycles. The van der Waals surface area contributed by atoms with E-state index in [1.165, 1.54) is 23.5 Å². The molecule has 0 unspecified atom stereocenters. The summed E-state index contributed by atoms with van der Waals surface area (Å²) in [5, 5.41) is 2.72. The molecule has 24 heavy (non-hydrogen) atoms. The van der Waals surface area contributed by atoms with E-state index < -0.39 is 10.0 Å². The normalized spacial score (nSPS) is 14.9. The van der Waals surface area contributed by atoms with Gasteiger partial charge in [-0.25, -0.2) is 8.42 Å². The highest BCUT2D eigenvalue weighted by Gasteiger charge is 2.30. The van der Waals surface area contributed by atoms with Crippen LogP contribution in [0.25, 0.3) is 0 Å². The fraction of sp³-hybridized carbons (Fsp3) is 0.533. The summed E-state index contributed by atoms with van der Waals surface area (Å²) in [7, 11) is -2.24. The van der Waals surface area contributed by atoms with Crippen LogP contribution in [0.5, 0.6) is 5.75 Å². The van der Waals surface area contributed by atoms with Gasteiger partial charge in [-0.1, -0.05) is 0 Å². The van der Waals surface area contributed by atoms with Crippen molar-refractivity contribution in [3.63, 3.8) is 0 Å². The van der Waals surface area contributed by atoms with Gasteiger partial charge in [0.2, 0.25) is 10.0 Å². The van der Waals surface area contributed by atoms with Crippen LogP contribution in [-0.4, -0.2) is 51.9 Å². The average molecular weight is 378 g/mol. The van der Waals surface area contributed by atoms with Crippen LogP contribution in [0.2, 0.25) is 0 Å². The van der Waals surface area contributed by atoms with Gasteiger partial charge in [-0.05, 0) is 44.0 Å². The highest BCUT2D eigenvalue weighted by Crippen LogP contribution is 2.29. The van der Waals surface area contributed by atoms with Crippen molar-refractivity contribution < 1.29 is 17.9 Å². The number of nitrogens with one attached hydrogen (secondary N) is 1. The average Bonchev–Trinajstić information content (AvgIpc) is 3.09. The Balaban J connectivity index is 0.00000288. The highest BCUT2D eigenvalue weighted by atomic mass is 35.5. The van der Waals surface area contributed by atoms with Gasteiger partial charge in [-0.3, -0.25) is 4.79 Å². The third kappa shape index (κ3) is 4.60. The predicted molar refractivity (Wildman–Crippen MR) is 94.2 cm³/mol. The van der Waals surface area contributed by atoms with Crippen LogP contribution in [0.15, 0.2) is 23.1 Å². The maximum absolute atomic E-state index is 12.7. The van der Waals surface area contributed by atoms with Gasteiger partial charge < -0.3 is 15.8 Å². The molecule has 1 amide bonds. The molecule has 1 saturated heterocycles. The maximum Gasteiger partial charge on any atom is 0.251 e. The first-order valence-electron chi connectivity index (χ1n) is 7.67. The molecule has 0 aliphatic carbocycles. The Hall–Kier alpha value is -1.35. The largest absolute Gasteiger partial charge is 0.495 e. The van der Waals surface area contributed by atoms with Crippen molar-refractivity contribution in [2.75, 3.05) is 33.3 Å². The number of halogens is 1. The minimum Gasteiger partial charge on any atom is -0.495 e. The number of carbonyl (C=O) groups is 1. The van der Waals surface area contributed by atoms with Crippen LogP contribution >= 0.6 is 12.4 Å². The van der Waals surface area contributed by atoms with Crippen LogP contribution in [0.1, 0.15) is 29.6 Å². The van der Waals surface area contributed by atoms with E-state index in [-0.39, 0.29) is 29.0 Å². The van der Waals surface area contributed by atoms with Crippen molar-refractivity contribution in [1.29, 1.82) is 0 Å². The van der Waals surface area contributed by atoms with Crippen molar-refractivity contribution in [1.82, 2.24) is 9.62 Å². The molecular weight excluding hydrogens is 354 g/mol. The molecule has 1 aliphatic heterocycles. The molecule has 0 spiro atoms. The van der Waals surface area contributed by atoms with Gasteiger partial charge >= 0.3 is 0 Å². The first-order chi connectivity index (χ1) is 11.0. The molecular formula is C15H24ClN3O4S. The monoisotopic (exact) mass is 377 g/mol. The first-order valence-corrected chi connectivity index (χ1v) is 9.11. The van der Waals surface area contributed by atoms with E-state index in [2.05, 4.69) is 5.32 Å². The van der Waals surface area contributed by atoms with Crippen LogP contribution in [0, 0.1) is 0 Å². The van der Waals surface area contributed by atoms with Crippen LogP contribution in [-0.2, 0) is 10.0 Å². The minimum absolute atomic E-state index is 0. The molecule has 3 N–H and O–H groups in total. The molecule has 136 valence electrons. The molecule has 0 atom stereocenters. The van der Waals surface area contributed by atoms with Gasteiger partial charge in [0, 0.05) is 25.2 Å². The van der Waals surface area contributed by atoms with Gasteiger partial charge in [0.1, 0.15) is 10.6 Å². The van der Waals surface area contributed by atoms with Gasteiger partial charge in [-0.15, -0.1) is 12.4 Å². The molecule has 0 bridgehead atoms. The van der Waals surface area contributed by atoms with E-state index in [0.717, 1.165) is 12.8 Å². The Kier molecular flexibility index (Phi) is 7.95. The summed E-state index contributed by atoms with van der Waals surface area (Å²) in [6, 6.07) is 4.45. The number of benzene rings is 1. The van der Waals surface area contributed by atoms with Crippen molar-refractivity contribution in [2.45, 2.75) is 24.2 Å². The lowest BCUT2D eigenvalue weighted by molar-refractivity contribution is 0.0953. The van der Waals surface area contributed by atoms with Gasteiger partial charge in [-0.2, -0.15) is 4.31 Å². The standard InChI is InChI=1S/C15H23N3O4S.ClH/c1-22-13-6-5-12(15(19)17-8-4-7-16)11-14(13)23(20,21)18-9-2-3-10-18;/h5-6,11H,2-4,7-10,16H2,1H3,(H,17,19);1H. The van der Waals surface area contributed by atoms with Crippen LogP contribution < -0.4 is 15.8 Å². The smallest absolute Gasteiger partial charge is 0.251 e. The van der Waals surface area contributed by atoms with Crippen LogP contribution in [0.3, 0.4) is 0 Å². The Morgan fingerprint density at radius 3 is 2.58 bits per heavy atom. The van der Waals surface area contributed by atoms with Crippen molar-refractivity contribution in [2.24, 2.45) is 5.73 Å². The second kappa shape index (κ2) is 9.22. The molecule has 1 fully saturated rings. The molecule has 1 aromatic rings. The van der Waals surface area contributed by atoms with E-state index in [1.807, 2.05) is 0 Å². The lowest BCUT2D eigenvalue weighted by atomic mass is 10.2. The molecule has 0 saturated carbocycles. The molecule has 2 rings (SSSR count). The molecule has 0 aromatic heterocycles. The number of ether oxygens (including phenoxy) is 1. The Labute approximate surface area is 149 Å². The number of sulfonamides is 1. The van der Waals surface area contributed by atoms with Crippen molar-refractivity contribution in [3.8, 4) is 5.75 Å². The SMILES string of the molecule is COc1ccc(C(=O)NCCCN)cc1S(=O)(=O)N1CCCC1.Cl. The van der Waals surface area contributed by atoms with Gasteiger partial charge in [0.05, 0.1) is 7.11 Å². The summed E-state index contributed by atoms with van der Waals surface area (Å²) in [5.74, 6) is -0.0746. The summed E-state index contributed by atoms with van der Waals surface area (Å²) < 4.78 is 32.1. The second-order valence-corrected chi connectivity index (χ2v) is 7.28. The fourth-order valence-electron chi connectivity index (χ4n) is 2.49. The zero-order valence-corrected chi connectivity index (χ0v) is 15.3. The third-order valence-corrected chi connectivity index (χ3v) is 5.69. The highest BCUT2D eigenvalue weighted by molar-refractivity contribution is 7.89. The van der Waals surface area contributed by atoms with E-state index >= 15 is 0 Å². The van der Waals surface area contributed by atoms with Gasteiger partial charge in [0.25, 0.3) is 5.91 Å². The van der Waals surface area contributed by atoms with Crippen molar-refractivity contribution in [3.05, 3.63) is 23.8 Å². The Morgan fingerprint density at radius 2 is 2.00 bits per heavy atom. The summed E-state index contributed by atoms with van der Waals surface area (Å²) in [6.07, 6.45) is 2.36. The van der Waals surface area contributed by atoms with Crippen molar-refractivity contribution >= 4 is 28.3 Å². The predicted octanol–water partition coefficient (Wildman–Crippen LogP) is 0.980. The van der Waals surface area contributed by atoms with E-state index in [0.29, 0.717) is 38.2 Å². The second-order valence-electron chi connectivity index (χ2n) is 5.37. The first kappa shape index (κ1) is 20.7.